The Hall–Kier alpha value is -2.31. The van der Waals surface area contributed by atoms with Crippen LogP contribution in [0.5, 0.6) is 0 Å². The molecule has 0 radical (unpaired) electrons. The molecule has 0 saturated heterocycles. The van der Waals surface area contributed by atoms with E-state index in [-0.39, 0.29) is 0 Å². The Balaban J connectivity index is 2.07. The van der Waals surface area contributed by atoms with Gasteiger partial charge in [-0.15, -0.1) is 0 Å². The summed E-state index contributed by atoms with van der Waals surface area (Å²) in [6.45, 7) is 6.42. The number of oxazole rings is 1. The first-order valence-corrected chi connectivity index (χ1v) is 7.11. The van der Waals surface area contributed by atoms with E-state index in [4.69, 9.17) is 10.2 Å². The van der Waals surface area contributed by atoms with Crippen molar-refractivity contribution < 1.29 is 4.42 Å². The number of nitrogen functional groups attached to an aromatic ring is 1. The molecule has 3 rings (SSSR count). The van der Waals surface area contributed by atoms with Gasteiger partial charge in [-0.25, -0.2) is 9.97 Å². The molecule has 21 heavy (non-hydrogen) atoms. The molecule has 3 aromatic heterocycles. The Kier molecular flexibility index (Phi) is 3.19. The summed E-state index contributed by atoms with van der Waals surface area (Å²) in [7, 11) is 1.91. The van der Waals surface area contributed by atoms with E-state index in [1.807, 2.05) is 30.1 Å². The molecular weight excluding hydrogens is 268 g/mol. The largest absolute Gasteiger partial charge is 0.444 e. The summed E-state index contributed by atoms with van der Waals surface area (Å²) in [5.41, 5.74) is 9.73. The van der Waals surface area contributed by atoms with Crippen LogP contribution in [0, 0.1) is 13.8 Å². The first-order valence-electron chi connectivity index (χ1n) is 7.11. The van der Waals surface area contributed by atoms with Gasteiger partial charge < -0.3 is 10.2 Å². The minimum absolute atomic E-state index is 0.460. The van der Waals surface area contributed by atoms with Crippen LogP contribution in [-0.4, -0.2) is 24.3 Å². The van der Waals surface area contributed by atoms with Crippen LogP contribution in [0.1, 0.15) is 36.4 Å². The first-order chi connectivity index (χ1) is 10.0. The number of aromatic nitrogens is 5. The van der Waals surface area contributed by atoms with Gasteiger partial charge in [0.05, 0.1) is 11.4 Å². The molecular formula is C14H20N6O. The molecule has 3 heterocycles. The Morgan fingerprint density at radius 1 is 1.24 bits per heavy atom. The van der Waals surface area contributed by atoms with Crippen molar-refractivity contribution in [1.82, 2.24) is 24.3 Å². The molecule has 7 nitrogen and oxygen atoms in total. The molecule has 0 atom stereocenters. The number of nitrogens with zero attached hydrogens (tertiary/aromatic N) is 5. The van der Waals surface area contributed by atoms with Crippen molar-refractivity contribution in [3.8, 4) is 0 Å². The van der Waals surface area contributed by atoms with Gasteiger partial charge in [0.15, 0.2) is 5.65 Å². The second-order valence-corrected chi connectivity index (χ2v) is 5.30. The quantitative estimate of drug-likeness (QED) is 0.793. The summed E-state index contributed by atoms with van der Waals surface area (Å²) in [5, 5.41) is 4.53. The van der Waals surface area contributed by atoms with Gasteiger partial charge >= 0.3 is 0 Å². The first kappa shape index (κ1) is 13.7. The summed E-state index contributed by atoms with van der Waals surface area (Å²) in [4.78, 5) is 8.87. The minimum atomic E-state index is 0.460. The predicted octanol–water partition coefficient (Wildman–Crippen LogP) is 1.96. The summed E-state index contributed by atoms with van der Waals surface area (Å²) in [6, 6.07) is 0. The van der Waals surface area contributed by atoms with Crippen molar-refractivity contribution in [2.24, 2.45) is 7.05 Å². The minimum Gasteiger partial charge on any atom is -0.444 e. The van der Waals surface area contributed by atoms with E-state index < -0.39 is 0 Å². The Labute approximate surface area is 122 Å². The highest BCUT2D eigenvalue weighted by Gasteiger charge is 2.19. The van der Waals surface area contributed by atoms with Crippen LogP contribution in [0.3, 0.4) is 0 Å². The number of imidazole rings is 1. The monoisotopic (exact) mass is 288 g/mol. The van der Waals surface area contributed by atoms with Gasteiger partial charge in [-0.05, 0) is 20.3 Å². The molecule has 0 amide bonds. The zero-order valence-electron chi connectivity index (χ0n) is 12.8. The summed E-state index contributed by atoms with van der Waals surface area (Å²) >= 11 is 0. The molecule has 0 aromatic carbocycles. The van der Waals surface area contributed by atoms with Crippen LogP contribution >= 0.6 is 0 Å². The van der Waals surface area contributed by atoms with Crippen molar-refractivity contribution in [3.05, 3.63) is 23.0 Å². The number of hydrogen-bond donors (Lipinski definition) is 1. The van der Waals surface area contributed by atoms with Crippen molar-refractivity contribution in [2.75, 3.05) is 5.73 Å². The highest BCUT2D eigenvalue weighted by Crippen LogP contribution is 2.23. The van der Waals surface area contributed by atoms with Crippen molar-refractivity contribution in [3.63, 3.8) is 0 Å². The molecule has 3 aromatic rings. The van der Waals surface area contributed by atoms with E-state index in [1.54, 1.807) is 0 Å². The maximum atomic E-state index is 6.07. The zero-order chi connectivity index (χ0) is 15.1. The lowest BCUT2D eigenvalue weighted by atomic mass is 10.2. The van der Waals surface area contributed by atoms with Gasteiger partial charge in [-0.3, -0.25) is 9.25 Å². The molecule has 7 heteroatoms. The number of hydrogen-bond acceptors (Lipinski definition) is 5. The number of rotatable bonds is 4. The molecule has 0 aliphatic rings. The number of nitrogens with two attached hydrogens (primary N) is 1. The highest BCUT2D eigenvalue weighted by atomic mass is 16.4. The van der Waals surface area contributed by atoms with E-state index in [2.05, 4.69) is 22.0 Å². The molecule has 0 saturated carbocycles. The maximum absolute atomic E-state index is 6.07. The zero-order valence-corrected chi connectivity index (χ0v) is 12.8. The van der Waals surface area contributed by atoms with Crippen molar-refractivity contribution in [2.45, 2.75) is 40.2 Å². The molecule has 112 valence electrons. The fourth-order valence-electron chi connectivity index (χ4n) is 2.56. The third-order valence-electron chi connectivity index (χ3n) is 3.67. The van der Waals surface area contributed by atoms with Gasteiger partial charge in [0.1, 0.15) is 17.8 Å². The molecule has 0 aliphatic carbocycles. The van der Waals surface area contributed by atoms with E-state index in [9.17, 15) is 0 Å². The van der Waals surface area contributed by atoms with Gasteiger partial charge in [-0.2, -0.15) is 5.10 Å². The average molecular weight is 288 g/mol. The standard InChI is InChI=1S/C14H20N6O/c1-5-6-10-12-13(19(4)18-10)20(14(15)17-12)7-11-16-8(2)9(3)21-11/h5-7H2,1-4H3,(H2,15,17). The lowest BCUT2D eigenvalue weighted by molar-refractivity contribution is 0.459. The van der Waals surface area contributed by atoms with Crippen molar-refractivity contribution in [1.29, 1.82) is 0 Å². The molecule has 0 bridgehead atoms. The summed E-state index contributed by atoms with van der Waals surface area (Å²) < 4.78 is 9.36. The van der Waals surface area contributed by atoms with Crippen LogP contribution in [0.4, 0.5) is 5.95 Å². The molecule has 0 aliphatic heterocycles. The van der Waals surface area contributed by atoms with Gasteiger partial charge in [0.2, 0.25) is 11.8 Å². The SMILES string of the molecule is CCCc1nn(C)c2c1nc(N)n2Cc1nc(C)c(C)o1. The number of anilines is 1. The Bertz CT molecular complexity index is 775. The van der Waals surface area contributed by atoms with E-state index in [0.717, 1.165) is 41.2 Å². The van der Waals surface area contributed by atoms with E-state index >= 15 is 0 Å². The van der Waals surface area contributed by atoms with Gasteiger partial charge in [-0.1, -0.05) is 13.3 Å². The lowest BCUT2D eigenvalue weighted by Gasteiger charge is -2.03. The Morgan fingerprint density at radius 3 is 2.62 bits per heavy atom. The molecule has 0 fully saturated rings. The normalized spacial score (nSPS) is 11.6. The van der Waals surface area contributed by atoms with Crippen LogP contribution < -0.4 is 5.73 Å². The van der Waals surface area contributed by atoms with Crippen LogP contribution in [0.2, 0.25) is 0 Å². The fourth-order valence-corrected chi connectivity index (χ4v) is 2.56. The topological polar surface area (TPSA) is 87.7 Å². The molecule has 0 spiro atoms. The lowest BCUT2D eigenvalue weighted by Crippen LogP contribution is -2.08. The van der Waals surface area contributed by atoms with Gasteiger partial charge in [0, 0.05) is 7.05 Å². The van der Waals surface area contributed by atoms with Crippen molar-refractivity contribution >= 4 is 17.1 Å². The van der Waals surface area contributed by atoms with Crippen LogP contribution in [-0.2, 0) is 20.0 Å². The molecule has 2 N–H and O–H groups in total. The second-order valence-electron chi connectivity index (χ2n) is 5.30. The predicted molar refractivity (Wildman–Crippen MR) is 80.0 cm³/mol. The Morgan fingerprint density at radius 2 is 2.00 bits per heavy atom. The number of fused-ring (bicyclic) bond motifs is 1. The smallest absolute Gasteiger partial charge is 0.214 e. The third kappa shape index (κ3) is 2.18. The number of aryl methyl sites for hydroxylation is 4. The van der Waals surface area contributed by atoms with E-state index in [1.165, 1.54) is 0 Å². The van der Waals surface area contributed by atoms with Crippen LogP contribution in [0.25, 0.3) is 11.2 Å². The van der Waals surface area contributed by atoms with E-state index in [0.29, 0.717) is 18.4 Å². The van der Waals surface area contributed by atoms with Crippen LogP contribution in [0.15, 0.2) is 4.42 Å². The third-order valence-corrected chi connectivity index (χ3v) is 3.67. The maximum Gasteiger partial charge on any atom is 0.214 e. The fraction of sp³-hybridized carbons (Fsp3) is 0.500. The second kappa shape index (κ2) is 4.91. The summed E-state index contributed by atoms with van der Waals surface area (Å²) in [6.07, 6.45) is 1.92. The highest BCUT2D eigenvalue weighted by molar-refractivity contribution is 5.77. The summed E-state index contributed by atoms with van der Waals surface area (Å²) in [5.74, 6) is 1.93. The average Bonchev–Trinajstić information content (AvgIpc) is 3.00. The molecule has 0 unspecified atom stereocenters. The van der Waals surface area contributed by atoms with Gasteiger partial charge in [0.25, 0.3) is 0 Å².